The Morgan fingerprint density at radius 3 is 1.25 bits per heavy atom. The summed E-state index contributed by atoms with van der Waals surface area (Å²) in [6, 6.07) is 0. The Kier molecular flexibility index (Phi) is 26.0. The van der Waals surface area contributed by atoms with E-state index in [1.807, 2.05) is 0 Å². The highest BCUT2D eigenvalue weighted by Gasteiger charge is 2.28. The quantitative estimate of drug-likeness (QED) is 0.0517. The summed E-state index contributed by atoms with van der Waals surface area (Å²) in [6.45, 7) is 3.60. The number of rotatable bonds is 31. The number of carboxylic acids is 3. The van der Waals surface area contributed by atoms with Crippen molar-refractivity contribution in [2.75, 3.05) is 26.2 Å². The van der Waals surface area contributed by atoms with Crippen molar-refractivity contribution >= 4 is 17.9 Å². The molecule has 0 saturated heterocycles. The molecular weight excluding hydrogens is 506 g/mol. The van der Waals surface area contributed by atoms with Gasteiger partial charge in [-0.2, -0.15) is 0 Å². The average Bonchev–Trinajstić information content (AvgIpc) is 2.92. The van der Waals surface area contributed by atoms with Crippen molar-refractivity contribution in [1.82, 2.24) is 0 Å². The SMILES string of the molecule is CCCCC/C=C/CCCCCCCCCCCCCCCCC[N+](CCC(=O)[O-])(CCC(=O)O)CCC(=O)O. The minimum Gasteiger partial charge on any atom is -0.550 e. The van der Waals surface area contributed by atoms with Crippen LogP contribution in [0.5, 0.6) is 0 Å². The molecule has 0 bridgehead atoms. The van der Waals surface area contributed by atoms with E-state index in [0.29, 0.717) is 6.54 Å². The fraction of sp³-hybridized carbons (Fsp3) is 0.848. The van der Waals surface area contributed by atoms with Gasteiger partial charge in [-0.25, -0.2) is 0 Å². The second-order valence-corrected chi connectivity index (χ2v) is 11.7. The van der Waals surface area contributed by atoms with Gasteiger partial charge in [-0.05, 0) is 38.5 Å². The molecule has 7 nitrogen and oxygen atoms in total. The standard InChI is InChI=1S/C33H61NO6/c1-2-3-4-5-6-7-8-9-10-11-12-13-14-15-16-17-18-19-20-21-22-23-27-34(28-24-31(35)36,29-25-32(37)38)30-26-33(39)40/h6-7H,2-5,8-30H2,1H3,(H2-,35,36,37,38,39,40)/b7-6+. The molecular formula is C33H61NO6. The number of allylic oxidation sites excluding steroid dienone is 2. The van der Waals surface area contributed by atoms with Crippen molar-refractivity contribution in [3.05, 3.63) is 12.2 Å². The number of nitrogens with zero attached hydrogens (tertiary/aromatic N) is 1. The Hall–Kier alpha value is -1.89. The first-order valence-electron chi connectivity index (χ1n) is 16.4. The summed E-state index contributed by atoms with van der Waals surface area (Å²) in [6.07, 6.45) is 29.6. The van der Waals surface area contributed by atoms with Gasteiger partial charge in [-0.15, -0.1) is 0 Å². The van der Waals surface area contributed by atoms with Crippen LogP contribution in [0.4, 0.5) is 0 Å². The van der Waals surface area contributed by atoms with Crippen LogP contribution in [0.1, 0.15) is 155 Å². The molecule has 0 aromatic heterocycles. The lowest BCUT2D eigenvalue weighted by Gasteiger charge is -2.38. The summed E-state index contributed by atoms with van der Waals surface area (Å²) in [5.41, 5.74) is 0. The number of unbranched alkanes of at least 4 members (excludes halogenated alkanes) is 18. The van der Waals surface area contributed by atoms with E-state index in [1.54, 1.807) is 0 Å². The molecule has 0 unspecified atom stereocenters. The van der Waals surface area contributed by atoms with Crippen LogP contribution in [0.15, 0.2) is 12.2 Å². The zero-order chi connectivity index (χ0) is 29.7. The van der Waals surface area contributed by atoms with Crippen LogP contribution in [0.2, 0.25) is 0 Å². The van der Waals surface area contributed by atoms with Crippen LogP contribution < -0.4 is 5.11 Å². The van der Waals surface area contributed by atoms with Crippen molar-refractivity contribution in [3.63, 3.8) is 0 Å². The summed E-state index contributed by atoms with van der Waals surface area (Å²) in [5.74, 6) is -3.07. The summed E-state index contributed by atoms with van der Waals surface area (Å²) < 4.78 is 0.225. The zero-order valence-electron chi connectivity index (χ0n) is 25.7. The van der Waals surface area contributed by atoms with Crippen LogP contribution in [0.25, 0.3) is 0 Å². The third-order valence-electron chi connectivity index (χ3n) is 8.03. The predicted molar refractivity (Wildman–Crippen MR) is 161 cm³/mol. The van der Waals surface area contributed by atoms with Gasteiger partial charge in [0.1, 0.15) is 0 Å². The minimum atomic E-state index is -1.18. The predicted octanol–water partition coefficient (Wildman–Crippen LogP) is 7.27. The van der Waals surface area contributed by atoms with Crippen LogP contribution in [0.3, 0.4) is 0 Å². The molecule has 0 aromatic rings. The van der Waals surface area contributed by atoms with E-state index in [-0.39, 0.29) is 43.4 Å². The smallest absolute Gasteiger partial charge is 0.309 e. The number of aliphatic carboxylic acids is 3. The Labute approximate surface area is 245 Å². The molecule has 0 aliphatic carbocycles. The van der Waals surface area contributed by atoms with E-state index in [0.717, 1.165) is 19.3 Å². The first-order chi connectivity index (χ1) is 19.3. The molecule has 0 rings (SSSR count). The van der Waals surface area contributed by atoms with Gasteiger partial charge in [0, 0.05) is 12.4 Å². The van der Waals surface area contributed by atoms with E-state index in [4.69, 9.17) is 10.2 Å². The number of quaternary nitrogens is 1. The fourth-order valence-corrected chi connectivity index (χ4v) is 5.42. The van der Waals surface area contributed by atoms with Crippen LogP contribution in [-0.2, 0) is 14.4 Å². The summed E-state index contributed by atoms with van der Waals surface area (Å²) in [7, 11) is 0. The van der Waals surface area contributed by atoms with Gasteiger partial charge in [0.25, 0.3) is 0 Å². The number of hydrogen-bond donors (Lipinski definition) is 2. The molecule has 7 heteroatoms. The van der Waals surface area contributed by atoms with Gasteiger partial charge in [0.05, 0.1) is 39.0 Å². The fourth-order valence-electron chi connectivity index (χ4n) is 5.42. The molecule has 0 aliphatic heterocycles. The maximum Gasteiger partial charge on any atom is 0.309 e. The molecule has 0 aliphatic rings. The summed E-state index contributed by atoms with van der Waals surface area (Å²) in [4.78, 5) is 33.3. The number of carbonyl (C=O) groups is 3. The van der Waals surface area contributed by atoms with Crippen molar-refractivity contribution in [2.24, 2.45) is 0 Å². The van der Waals surface area contributed by atoms with Gasteiger partial charge in [0.15, 0.2) is 0 Å². The Bertz CT molecular complexity index is 618. The molecule has 0 atom stereocenters. The Morgan fingerprint density at radius 1 is 0.525 bits per heavy atom. The van der Waals surface area contributed by atoms with Crippen molar-refractivity contribution in [1.29, 1.82) is 0 Å². The zero-order valence-corrected chi connectivity index (χ0v) is 25.7. The summed E-state index contributed by atoms with van der Waals surface area (Å²) >= 11 is 0. The highest BCUT2D eigenvalue weighted by atomic mass is 16.4. The summed E-state index contributed by atoms with van der Waals surface area (Å²) in [5, 5.41) is 29.3. The number of carboxylic acid groups (broad SMARTS) is 3. The third kappa shape index (κ3) is 26.3. The van der Waals surface area contributed by atoms with E-state index < -0.39 is 17.9 Å². The van der Waals surface area contributed by atoms with Gasteiger partial charge in [-0.3, -0.25) is 9.59 Å². The molecule has 0 fully saturated rings. The van der Waals surface area contributed by atoms with E-state index in [2.05, 4.69) is 19.1 Å². The molecule has 0 spiro atoms. The average molecular weight is 568 g/mol. The van der Waals surface area contributed by atoms with Crippen molar-refractivity contribution in [3.8, 4) is 0 Å². The molecule has 234 valence electrons. The minimum absolute atomic E-state index is 0.0935. The molecule has 0 aromatic carbocycles. The van der Waals surface area contributed by atoms with E-state index in [9.17, 15) is 19.5 Å². The van der Waals surface area contributed by atoms with Gasteiger partial charge in [0.2, 0.25) is 0 Å². The third-order valence-corrected chi connectivity index (χ3v) is 8.03. The van der Waals surface area contributed by atoms with Gasteiger partial charge >= 0.3 is 11.9 Å². The first kappa shape index (κ1) is 38.1. The maximum atomic E-state index is 11.1. The Morgan fingerprint density at radius 2 is 0.875 bits per heavy atom. The van der Waals surface area contributed by atoms with Crippen molar-refractivity contribution in [2.45, 2.75) is 155 Å². The van der Waals surface area contributed by atoms with E-state index in [1.165, 1.54) is 109 Å². The number of hydrogen-bond acceptors (Lipinski definition) is 4. The van der Waals surface area contributed by atoms with Crippen molar-refractivity contribution < 1.29 is 34.2 Å². The molecule has 0 amide bonds. The normalized spacial score (nSPS) is 11.8. The lowest BCUT2D eigenvalue weighted by molar-refractivity contribution is -0.927. The second kappa shape index (κ2) is 27.3. The van der Waals surface area contributed by atoms with Crippen LogP contribution in [0, 0.1) is 0 Å². The topological polar surface area (TPSA) is 115 Å². The molecule has 40 heavy (non-hydrogen) atoms. The lowest BCUT2D eigenvalue weighted by Crippen LogP contribution is -2.53. The first-order valence-corrected chi connectivity index (χ1v) is 16.4. The highest BCUT2D eigenvalue weighted by molar-refractivity contribution is 5.67. The van der Waals surface area contributed by atoms with Gasteiger partial charge in [-0.1, -0.05) is 109 Å². The van der Waals surface area contributed by atoms with Crippen LogP contribution >= 0.6 is 0 Å². The highest BCUT2D eigenvalue weighted by Crippen LogP contribution is 2.17. The Balaban J connectivity index is 3.81. The largest absolute Gasteiger partial charge is 0.550 e. The molecule has 0 saturated carbocycles. The lowest BCUT2D eigenvalue weighted by atomic mass is 10.0. The molecule has 0 heterocycles. The van der Waals surface area contributed by atoms with Crippen LogP contribution in [-0.4, -0.2) is 58.8 Å². The second-order valence-electron chi connectivity index (χ2n) is 11.7. The van der Waals surface area contributed by atoms with E-state index >= 15 is 0 Å². The monoisotopic (exact) mass is 567 g/mol. The van der Waals surface area contributed by atoms with Gasteiger partial charge < -0.3 is 24.6 Å². The molecule has 0 radical (unpaired) electrons. The molecule has 2 N–H and O–H groups in total. The number of carbonyl (C=O) groups excluding carboxylic acids is 1. The maximum absolute atomic E-state index is 11.1.